The number of nitrogens with one attached hydrogen (secondary N) is 1. The molecular formula is C16H16BrN5O. The highest BCUT2D eigenvalue weighted by Crippen LogP contribution is 2.32. The number of rotatable bonds is 4. The second-order valence-electron chi connectivity index (χ2n) is 5.19. The summed E-state index contributed by atoms with van der Waals surface area (Å²) in [7, 11) is 1.63. The van der Waals surface area contributed by atoms with Crippen molar-refractivity contribution in [1.82, 2.24) is 20.2 Å². The summed E-state index contributed by atoms with van der Waals surface area (Å²) in [6.45, 7) is 3.93. The van der Waals surface area contributed by atoms with Crippen molar-refractivity contribution in [1.29, 1.82) is 0 Å². The minimum Gasteiger partial charge on any atom is -0.494 e. The summed E-state index contributed by atoms with van der Waals surface area (Å²) in [5.74, 6) is 1.42. The first-order valence-corrected chi connectivity index (χ1v) is 7.93. The van der Waals surface area contributed by atoms with Gasteiger partial charge >= 0.3 is 0 Å². The van der Waals surface area contributed by atoms with Gasteiger partial charge < -0.3 is 10.1 Å². The SMILES string of the molecule is COc1cc(Br)cc2c(NC(C)c3ccc(C)nn3)ncnc12. The van der Waals surface area contributed by atoms with E-state index >= 15 is 0 Å². The minimum absolute atomic E-state index is 0.0359. The van der Waals surface area contributed by atoms with Crippen LogP contribution in [0.15, 0.2) is 35.1 Å². The van der Waals surface area contributed by atoms with Crippen LogP contribution in [0.1, 0.15) is 24.4 Å². The fourth-order valence-electron chi connectivity index (χ4n) is 2.29. The highest BCUT2D eigenvalue weighted by atomic mass is 79.9. The zero-order valence-corrected chi connectivity index (χ0v) is 14.6. The van der Waals surface area contributed by atoms with Gasteiger partial charge in [-0.25, -0.2) is 9.97 Å². The monoisotopic (exact) mass is 373 g/mol. The first kappa shape index (κ1) is 15.6. The normalized spacial score (nSPS) is 12.2. The van der Waals surface area contributed by atoms with Crippen LogP contribution in [0, 0.1) is 6.92 Å². The fraction of sp³-hybridized carbons (Fsp3) is 0.250. The summed E-state index contributed by atoms with van der Waals surface area (Å²) in [4.78, 5) is 8.68. The molecule has 1 unspecified atom stereocenters. The predicted molar refractivity (Wildman–Crippen MR) is 92.6 cm³/mol. The number of aromatic nitrogens is 4. The molecule has 2 heterocycles. The van der Waals surface area contributed by atoms with Crippen molar-refractivity contribution in [2.75, 3.05) is 12.4 Å². The number of nitrogens with zero attached hydrogens (tertiary/aromatic N) is 4. The molecule has 0 aliphatic carbocycles. The molecule has 7 heteroatoms. The largest absolute Gasteiger partial charge is 0.494 e. The number of halogens is 1. The lowest BCUT2D eigenvalue weighted by Crippen LogP contribution is -2.11. The van der Waals surface area contributed by atoms with Crippen LogP contribution in [0.4, 0.5) is 5.82 Å². The summed E-state index contributed by atoms with van der Waals surface area (Å²) in [6, 6.07) is 7.71. The standard InChI is InChI=1S/C16H16BrN5O/c1-9-4-5-13(22-21-9)10(2)20-16-12-6-11(17)7-14(23-3)15(12)18-8-19-16/h4-8,10H,1-3H3,(H,18,19,20). The maximum Gasteiger partial charge on any atom is 0.146 e. The van der Waals surface area contributed by atoms with Gasteiger partial charge in [0.2, 0.25) is 0 Å². The molecule has 0 spiro atoms. The second-order valence-corrected chi connectivity index (χ2v) is 6.11. The predicted octanol–water partition coefficient (Wildman–Crippen LogP) is 3.67. The Kier molecular flexibility index (Phi) is 4.38. The Morgan fingerprint density at radius 3 is 2.70 bits per heavy atom. The molecule has 23 heavy (non-hydrogen) atoms. The van der Waals surface area contributed by atoms with Gasteiger partial charge in [0.15, 0.2) is 0 Å². The number of benzene rings is 1. The van der Waals surface area contributed by atoms with Crippen LogP contribution in [-0.2, 0) is 0 Å². The first-order valence-electron chi connectivity index (χ1n) is 7.13. The topological polar surface area (TPSA) is 72.8 Å². The maximum absolute atomic E-state index is 5.40. The van der Waals surface area contributed by atoms with E-state index < -0.39 is 0 Å². The molecule has 118 valence electrons. The van der Waals surface area contributed by atoms with Gasteiger partial charge in [-0.05, 0) is 38.1 Å². The van der Waals surface area contributed by atoms with Crippen LogP contribution >= 0.6 is 15.9 Å². The number of ether oxygens (including phenoxy) is 1. The molecule has 6 nitrogen and oxygen atoms in total. The summed E-state index contributed by atoms with van der Waals surface area (Å²) in [6.07, 6.45) is 1.52. The lowest BCUT2D eigenvalue weighted by Gasteiger charge is -2.16. The van der Waals surface area contributed by atoms with E-state index in [1.165, 1.54) is 6.33 Å². The van der Waals surface area contributed by atoms with E-state index in [2.05, 4.69) is 41.4 Å². The molecule has 1 aromatic carbocycles. The number of aryl methyl sites for hydroxylation is 1. The van der Waals surface area contributed by atoms with Crippen LogP contribution in [0.3, 0.4) is 0 Å². The van der Waals surface area contributed by atoms with E-state index in [9.17, 15) is 0 Å². The first-order chi connectivity index (χ1) is 11.1. The van der Waals surface area contributed by atoms with Crippen molar-refractivity contribution in [3.05, 3.63) is 46.5 Å². The molecule has 1 atom stereocenters. The molecule has 0 saturated heterocycles. The Balaban J connectivity index is 1.99. The Morgan fingerprint density at radius 2 is 2.00 bits per heavy atom. The van der Waals surface area contributed by atoms with Gasteiger partial charge in [0, 0.05) is 9.86 Å². The van der Waals surface area contributed by atoms with Crippen molar-refractivity contribution in [2.24, 2.45) is 0 Å². The van der Waals surface area contributed by atoms with E-state index in [0.29, 0.717) is 5.75 Å². The zero-order chi connectivity index (χ0) is 16.4. The highest BCUT2D eigenvalue weighted by molar-refractivity contribution is 9.10. The molecule has 0 aliphatic heterocycles. The van der Waals surface area contributed by atoms with Crippen molar-refractivity contribution in [2.45, 2.75) is 19.9 Å². The van der Waals surface area contributed by atoms with Gasteiger partial charge in [0.25, 0.3) is 0 Å². The van der Waals surface area contributed by atoms with Gasteiger partial charge in [0.05, 0.1) is 24.5 Å². The van der Waals surface area contributed by atoms with Gasteiger partial charge in [-0.15, -0.1) is 0 Å². The van der Waals surface area contributed by atoms with Gasteiger partial charge in [-0.3, -0.25) is 0 Å². The Labute approximate surface area is 142 Å². The van der Waals surface area contributed by atoms with E-state index in [-0.39, 0.29) is 6.04 Å². The van der Waals surface area contributed by atoms with Gasteiger partial charge in [-0.2, -0.15) is 10.2 Å². The smallest absolute Gasteiger partial charge is 0.146 e. The van der Waals surface area contributed by atoms with Crippen molar-refractivity contribution in [3.63, 3.8) is 0 Å². The fourth-order valence-corrected chi connectivity index (χ4v) is 2.73. The van der Waals surface area contributed by atoms with E-state index in [1.54, 1.807) is 7.11 Å². The van der Waals surface area contributed by atoms with Crippen LogP contribution in [-0.4, -0.2) is 27.3 Å². The van der Waals surface area contributed by atoms with Crippen LogP contribution < -0.4 is 10.1 Å². The number of hydrogen-bond donors (Lipinski definition) is 1. The molecule has 2 aromatic heterocycles. The summed E-state index contributed by atoms with van der Waals surface area (Å²) < 4.78 is 6.30. The molecule has 0 aliphatic rings. The second kappa shape index (κ2) is 6.45. The Morgan fingerprint density at radius 1 is 1.17 bits per heavy atom. The molecule has 0 bridgehead atoms. The van der Waals surface area contributed by atoms with Crippen molar-refractivity contribution in [3.8, 4) is 5.75 Å². The van der Waals surface area contributed by atoms with Gasteiger partial charge in [0.1, 0.15) is 23.4 Å². The lowest BCUT2D eigenvalue weighted by molar-refractivity contribution is 0.418. The quantitative estimate of drug-likeness (QED) is 0.751. The van der Waals surface area contributed by atoms with Crippen molar-refractivity contribution < 1.29 is 4.74 Å². The van der Waals surface area contributed by atoms with Crippen LogP contribution in [0.5, 0.6) is 5.75 Å². The van der Waals surface area contributed by atoms with Crippen molar-refractivity contribution >= 4 is 32.7 Å². The van der Waals surface area contributed by atoms with Crippen LogP contribution in [0.25, 0.3) is 10.9 Å². The molecule has 3 rings (SSSR count). The molecule has 0 radical (unpaired) electrons. The molecule has 0 saturated carbocycles. The molecular weight excluding hydrogens is 358 g/mol. The number of methoxy groups -OCH3 is 1. The number of anilines is 1. The average Bonchev–Trinajstić information content (AvgIpc) is 2.55. The summed E-state index contributed by atoms with van der Waals surface area (Å²) >= 11 is 3.49. The zero-order valence-electron chi connectivity index (χ0n) is 13.0. The lowest BCUT2D eigenvalue weighted by atomic mass is 10.2. The summed E-state index contributed by atoms with van der Waals surface area (Å²) in [5.41, 5.74) is 2.50. The van der Waals surface area contributed by atoms with E-state index in [1.807, 2.05) is 38.1 Å². The molecule has 1 N–H and O–H groups in total. The van der Waals surface area contributed by atoms with Gasteiger partial charge in [-0.1, -0.05) is 15.9 Å². The molecule has 3 aromatic rings. The third-order valence-corrected chi connectivity index (χ3v) is 3.96. The third kappa shape index (κ3) is 3.24. The number of hydrogen-bond acceptors (Lipinski definition) is 6. The highest BCUT2D eigenvalue weighted by Gasteiger charge is 2.13. The Bertz CT molecular complexity index is 838. The van der Waals surface area contributed by atoms with Crippen LogP contribution in [0.2, 0.25) is 0 Å². The maximum atomic E-state index is 5.40. The average molecular weight is 374 g/mol. The van der Waals surface area contributed by atoms with E-state index in [0.717, 1.165) is 32.6 Å². The molecule has 0 amide bonds. The third-order valence-electron chi connectivity index (χ3n) is 3.50. The Hall–Kier alpha value is -2.28. The number of fused-ring (bicyclic) bond motifs is 1. The van der Waals surface area contributed by atoms with E-state index in [4.69, 9.17) is 4.74 Å². The minimum atomic E-state index is -0.0359. The molecule has 0 fully saturated rings. The summed E-state index contributed by atoms with van der Waals surface area (Å²) in [5, 5.41) is 12.6.